The lowest BCUT2D eigenvalue weighted by molar-refractivity contribution is 0.103. The molecule has 3 nitrogen and oxygen atoms in total. The Labute approximate surface area is 133 Å². The van der Waals surface area contributed by atoms with Gasteiger partial charge in [0.25, 0.3) is 0 Å². The smallest absolute Gasteiger partial charge is 0.193 e. The van der Waals surface area contributed by atoms with E-state index in [0.29, 0.717) is 22.5 Å². The van der Waals surface area contributed by atoms with E-state index in [-0.39, 0.29) is 11.5 Å². The van der Waals surface area contributed by atoms with Crippen LogP contribution in [-0.4, -0.2) is 5.78 Å². The first-order valence-corrected chi connectivity index (χ1v) is 7.16. The van der Waals surface area contributed by atoms with E-state index in [2.05, 4.69) is 5.32 Å². The van der Waals surface area contributed by atoms with Crippen molar-refractivity contribution in [3.8, 4) is 0 Å². The minimum atomic E-state index is -0.505. The minimum Gasteiger partial charge on any atom is -0.397 e. The number of carbonyl (C=O) groups excluding carboxylic acids is 1. The Hall–Kier alpha value is -3.14. The van der Waals surface area contributed by atoms with E-state index in [1.165, 1.54) is 12.1 Å². The third-order valence-electron chi connectivity index (χ3n) is 3.50. The molecule has 4 heteroatoms. The van der Waals surface area contributed by atoms with E-state index in [9.17, 15) is 9.18 Å². The fourth-order valence-corrected chi connectivity index (χ4v) is 2.27. The van der Waals surface area contributed by atoms with Crippen molar-refractivity contribution >= 4 is 22.8 Å². The first-order valence-electron chi connectivity index (χ1n) is 7.16. The van der Waals surface area contributed by atoms with Crippen LogP contribution < -0.4 is 11.1 Å². The SMILES string of the molecule is Nc1ccccc1Nc1ccc(C(=O)c2ccccc2)cc1F. The number of ketones is 1. The average Bonchev–Trinajstić information content (AvgIpc) is 2.58. The second-order valence-corrected chi connectivity index (χ2v) is 5.10. The molecule has 114 valence electrons. The van der Waals surface area contributed by atoms with Gasteiger partial charge in [-0.1, -0.05) is 42.5 Å². The predicted molar refractivity (Wildman–Crippen MR) is 90.4 cm³/mol. The van der Waals surface area contributed by atoms with E-state index < -0.39 is 5.82 Å². The topological polar surface area (TPSA) is 55.1 Å². The van der Waals surface area contributed by atoms with Gasteiger partial charge in [-0.2, -0.15) is 0 Å². The largest absolute Gasteiger partial charge is 0.397 e. The van der Waals surface area contributed by atoms with Gasteiger partial charge in [0.2, 0.25) is 0 Å². The molecule has 0 heterocycles. The third kappa shape index (κ3) is 3.21. The maximum absolute atomic E-state index is 14.3. The van der Waals surface area contributed by atoms with Crippen molar-refractivity contribution in [2.45, 2.75) is 0 Å². The molecule has 3 rings (SSSR count). The first-order chi connectivity index (χ1) is 11.1. The van der Waals surface area contributed by atoms with Gasteiger partial charge in [-0.25, -0.2) is 4.39 Å². The molecule has 0 spiro atoms. The molecule has 0 atom stereocenters. The van der Waals surface area contributed by atoms with Crippen LogP contribution in [0.5, 0.6) is 0 Å². The average molecular weight is 306 g/mol. The molecule has 0 aliphatic heterocycles. The molecule has 3 aromatic rings. The molecular formula is C19H15FN2O. The first kappa shape index (κ1) is 14.8. The van der Waals surface area contributed by atoms with Crippen LogP contribution in [-0.2, 0) is 0 Å². The third-order valence-corrected chi connectivity index (χ3v) is 3.50. The summed E-state index contributed by atoms with van der Waals surface area (Å²) in [5, 5.41) is 2.94. The number of anilines is 3. The molecule has 3 N–H and O–H groups in total. The van der Waals surface area contributed by atoms with Crippen molar-refractivity contribution in [3.63, 3.8) is 0 Å². The van der Waals surface area contributed by atoms with Crippen molar-refractivity contribution in [1.82, 2.24) is 0 Å². The van der Waals surface area contributed by atoms with Gasteiger partial charge >= 0.3 is 0 Å². The second kappa shape index (κ2) is 6.32. The quantitative estimate of drug-likeness (QED) is 0.555. The van der Waals surface area contributed by atoms with Crippen molar-refractivity contribution < 1.29 is 9.18 Å². The Morgan fingerprint density at radius 2 is 1.52 bits per heavy atom. The maximum Gasteiger partial charge on any atom is 0.193 e. The van der Waals surface area contributed by atoms with E-state index in [1.807, 2.05) is 12.1 Å². The van der Waals surface area contributed by atoms with E-state index >= 15 is 0 Å². The highest BCUT2D eigenvalue weighted by molar-refractivity contribution is 6.09. The summed E-state index contributed by atoms with van der Waals surface area (Å²) in [7, 11) is 0. The zero-order valence-corrected chi connectivity index (χ0v) is 12.3. The molecule has 0 saturated heterocycles. The molecule has 0 bridgehead atoms. The normalized spacial score (nSPS) is 10.3. The lowest BCUT2D eigenvalue weighted by atomic mass is 10.0. The van der Waals surface area contributed by atoms with Crippen LogP contribution >= 0.6 is 0 Å². The van der Waals surface area contributed by atoms with Crippen LogP contribution in [0.3, 0.4) is 0 Å². The summed E-state index contributed by atoms with van der Waals surface area (Å²) in [6, 6.07) is 20.3. The summed E-state index contributed by atoms with van der Waals surface area (Å²) in [4.78, 5) is 12.3. The van der Waals surface area contributed by atoms with Crippen molar-refractivity contribution in [1.29, 1.82) is 0 Å². The highest BCUT2D eigenvalue weighted by atomic mass is 19.1. The molecular weight excluding hydrogens is 291 g/mol. The monoisotopic (exact) mass is 306 g/mol. The molecule has 0 unspecified atom stereocenters. The summed E-state index contributed by atoms with van der Waals surface area (Å²) in [6.07, 6.45) is 0. The second-order valence-electron chi connectivity index (χ2n) is 5.10. The van der Waals surface area contributed by atoms with Gasteiger partial charge in [0.05, 0.1) is 17.1 Å². The van der Waals surface area contributed by atoms with Gasteiger partial charge in [0, 0.05) is 11.1 Å². The van der Waals surface area contributed by atoms with Gasteiger partial charge in [-0.15, -0.1) is 0 Å². The van der Waals surface area contributed by atoms with Crippen molar-refractivity contribution in [3.05, 3.63) is 89.7 Å². The fourth-order valence-electron chi connectivity index (χ4n) is 2.27. The Balaban J connectivity index is 1.87. The van der Waals surface area contributed by atoms with Gasteiger partial charge in [0.15, 0.2) is 5.78 Å². The number of benzene rings is 3. The predicted octanol–water partition coefficient (Wildman–Crippen LogP) is 4.38. The summed E-state index contributed by atoms with van der Waals surface area (Å²) in [5.74, 6) is -0.717. The summed E-state index contributed by atoms with van der Waals surface area (Å²) < 4.78 is 14.3. The number of para-hydroxylation sites is 2. The maximum atomic E-state index is 14.3. The molecule has 23 heavy (non-hydrogen) atoms. The van der Waals surface area contributed by atoms with Crippen molar-refractivity contribution in [2.24, 2.45) is 0 Å². The number of carbonyl (C=O) groups is 1. The summed E-state index contributed by atoms with van der Waals surface area (Å²) in [6.45, 7) is 0. The molecule has 0 amide bonds. The Kier molecular flexibility index (Phi) is 4.06. The van der Waals surface area contributed by atoms with Crippen molar-refractivity contribution in [2.75, 3.05) is 11.1 Å². The van der Waals surface area contributed by atoms with Crippen LogP contribution in [0.4, 0.5) is 21.5 Å². The fraction of sp³-hybridized carbons (Fsp3) is 0. The van der Waals surface area contributed by atoms with Crippen LogP contribution in [0.15, 0.2) is 72.8 Å². The van der Waals surface area contributed by atoms with Crippen LogP contribution in [0.25, 0.3) is 0 Å². The van der Waals surface area contributed by atoms with Gasteiger partial charge < -0.3 is 11.1 Å². The number of nitrogen functional groups attached to an aromatic ring is 1. The Morgan fingerprint density at radius 1 is 0.826 bits per heavy atom. The lowest BCUT2D eigenvalue weighted by Crippen LogP contribution is -2.03. The standard InChI is InChI=1S/C19H15FN2O/c20-15-12-14(19(23)13-6-2-1-3-7-13)10-11-17(15)22-18-9-5-4-8-16(18)21/h1-12,22H,21H2. The number of halogens is 1. The molecule has 0 radical (unpaired) electrons. The van der Waals surface area contributed by atoms with Crippen LogP contribution in [0, 0.1) is 5.82 Å². The van der Waals surface area contributed by atoms with Crippen LogP contribution in [0.1, 0.15) is 15.9 Å². The lowest BCUT2D eigenvalue weighted by Gasteiger charge is -2.11. The molecule has 3 aromatic carbocycles. The zero-order chi connectivity index (χ0) is 16.2. The van der Waals surface area contributed by atoms with E-state index in [0.717, 1.165) is 0 Å². The Morgan fingerprint density at radius 3 is 2.22 bits per heavy atom. The molecule has 0 aromatic heterocycles. The van der Waals surface area contributed by atoms with Gasteiger partial charge in [-0.05, 0) is 30.3 Å². The molecule has 0 aliphatic rings. The molecule has 0 aliphatic carbocycles. The van der Waals surface area contributed by atoms with Crippen LogP contribution in [0.2, 0.25) is 0 Å². The zero-order valence-electron chi connectivity index (χ0n) is 12.3. The van der Waals surface area contributed by atoms with Gasteiger partial charge in [-0.3, -0.25) is 4.79 Å². The number of nitrogens with two attached hydrogens (primary N) is 1. The number of hydrogen-bond acceptors (Lipinski definition) is 3. The van der Waals surface area contributed by atoms with E-state index in [1.54, 1.807) is 48.5 Å². The van der Waals surface area contributed by atoms with Gasteiger partial charge in [0.1, 0.15) is 5.82 Å². The number of hydrogen-bond donors (Lipinski definition) is 2. The van der Waals surface area contributed by atoms with E-state index in [4.69, 9.17) is 5.73 Å². The Bertz CT molecular complexity index is 847. The summed E-state index contributed by atoms with van der Waals surface area (Å²) in [5.41, 5.74) is 8.08. The minimum absolute atomic E-state index is 0.213. The highest BCUT2D eigenvalue weighted by Gasteiger charge is 2.12. The summed E-state index contributed by atoms with van der Waals surface area (Å²) >= 11 is 0. The highest BCUT2D eigenvalue weighted by Crippen LogP contribution is 2.25. The molecule has 0 saturated carbocycles. The number of rotatable bonds is 4. The molecule has 0 fully saturated rings. The number of nitrogens with one attached hydrogen (secondary N) is 1.